The molecule has 31 heavy (non-hydrogen) atoms. The van der Waals surface area contributed by atoms with E-state index in [0.717, 1.165) is 10.1 Å². The van der Waals surface area contributed by atoms with Crippen LogP contribution in [-0.4, -0.2) is 20.0 Å². The van der Waals surface area contributed by atoms with Crippen LogP contribution in [0, 0.1) is 11.3 Å². The fourth-order valence-electron chi connectivity index (χ4n) is 3.60. The van der Waals surface area contributed by atoms with Gasteiger partial charge in [0.1, 0.15) is 0 Å². The molecule has 2 aromatic heterocycles. The van der Waals surface area contributed by atoms with Crippen LogP contribution in [0.25, 0.3) is 27.6 Å². The van der Waals surface area contributed by atoms with Crippen molar-refractivity contribution in [3.8, 4) is 11.8 Å². The molecule has 0 aliphatic heterocycles. The van der Waals surface area contributed by atoms with E-state index in [9.17, 15) is 14.9 Å². The van der Waals surface area contributed by atoms with E-state index in [1.165, 1.54) is 16.8 Å². The predicted molar refractivity (Wildman–Crippen MR) is 122 cm³/mol. The molecule has 0 N–H and O–H groups in total. The second-order valence-corrected chi connectivity index (χ2v) is 8.17. The van der Waals surface area contributed by atoms with Gasteiger partial charge in [-0.05, 0) is 62.7 Å². The van der Waals surface area contributed by atoms with E-state index in [4.69, 9.17) is 11.6 Å². The smallest absolute Gasteiger partial charge is 0.269 e. The Labute approximate surface area is 183 Å². The van der Waals surface area contributed by atoms with Crippen molar-refractivity contribution >= 4 is 39.4 Å². The summed E-state index contributed by atoms with van der Waals surface area (Å²) < 4.78 is 2.59. The number of aromatic nitrogens is 3. The molecule has 0 unspecified atom stereocenters. The third kappa shape index (κ3) is 3.33. The molecule has 0 atom stereocenters. The Morgan fingerprint density at radius 1 is 1.19 bits per heavy atom. The lowest BCUT2D eigenvalue weighted by atomic mass is 9.86. The van der Waals surface area contributed by atoms with Crippen LogP contribution in [-0.2, 0) is 5.41 Å². The summed E-state index contributed by atoms with van der Waals surface area (Å²) in [5.41, 5.74) is 1.83. The molecule has 154 valence electrons. The summed E-state index contributed by atoms with van der Waals surface area (Å²) in [4.78, 5) is 30.6. The average Bonchev–Trinajstić information content (AvgIpc) is 3.06. The maximum atomic E-state index is 13.4. The number of halogens is 1. The van der Waals surface area contributed by atoms with Gasteiger partial charge in [-0.3, -0.25) is 14.3 Å². The Kier molecular flexibility index (Phi) is 5.00. The Hall–Kier alpha value is -3.69. The average molecular weight is 431 g/mol. The number of allylic oxidation sites excluding steroid dienone is 2. The van der Waals surface area contributed by atoms with Gasteiger partial charge in [0.05, 0.1) is 39.9 Å². The summed E-state index contributed by atoms with van der Waals surface area (Å²) in [7, 11) is 0. The molecule has 0 saturated heterocycles. The number of carbonyl (C=O) groups is 1. The van der Waals surface area contributed by atoms with Gasteiger partial charge in [0.15, 0.2) is 0 Å². The highest BCUT2D eigenvalue weighted by atomic mass is 35.5. The van der Waals surface area contributed by atoms with Crippen LogP contribution in [0.3, 0.4) is 0 Å². The summed E-state index contributed by atoms with van der Waals surface area (Å²) in [5.74, 6) is -0.457. The zero-order valence-electron chi connectivity index (χ0n) is 17.3. The summed E-state index contributed by atoms with van der Waals surface area (Å²) >= 11 is 6.23. The topological polar surface area (TPSA) is 80.7 Å². The number of pyridine rings is 1. The monoisotopic (exact) mass is 430 g/mol. The van der Waals surface area contributed by atoms with Crippen molar-refractivity contribution < 1.29 is 4.79 Å². The van der Waals surface area contributed by atoms with Gasteiger partial charge in [-0.25, -0.2) is 9.36 Å². The molecular weight excluding hydrogens is 412 g/mol. The first-order chi connectivity index (χ1) is 14.8. The van der Waals surface area contributed by atoms with E-state index >= 15 is 0 Å². The van der Waals surface area contributed by atoms with Crippen LogP contribution in [0.15, 0.2) is 65.6 Å². The van der Waals surface area contributed by atoms with Gasteiger partial charge in [-0.1, -0.05) is 29.8 Å². The summed E-state index contributed by atoms with van der Waals surface area (Å²) in [6.45, 7) is 5.37. The maximum Gasteiger partial charge on any atom is 0.340 e. The molecule has 2 aromatic carbocycles. The van der Waals surface area contributed by atoms with Crippen molar-refractivity contribution in [1.29, 1.82) is 5.26 Å². The number of imidazole rings is 1. The van der Waals surface area contributed by atoms with Crippen molar-refractivity contribution in [2.45, 2.75) is 26.2 Å². The fourth-order valence-corrected chi connectivity index (χ4v) is 3.77. The molecule has 0 bridgehead atoms. The molecule has 7 heteroatoms. The van der Waals surface area contributed by atoms with Gasteiger partial charge in [0.25, 0.3) is 5.91 Å². The number of rotatable bonds is 3. The van der Waals surface area contributed by atoms with Gasteiger partial charge in [0.2, 0.25) is 0 Å². The highest BCUT2D eigenvalue weighted by Crippen LogP contribution is 2.29. The predicted octanol–water partition coefficient (Wildman–Crippen LogP) is 5.01. The Balaban J connectivity index is 2.10. The van der Waals surface area contributed by atoms with Gasteiger partial charge >= 0.3 is 5.69 Å². The van der Waals surface area contributed by atoms with Crippen molar-refractivity contribution in [3.63, 3.8) is 0 Å². The lowest BCUT2D eigenvalue weighted by molar-refractivity contribution is 0.0969. The summed E-state index contributed by atoms with van der Waals surface area (Å²) in [5, 5.41) is 10.6. The maximum absolute atomic E-state index is 13.4. The number of hydrogen-bond donors (Lipinski definition) is 0. The number of carbonyl (C=O) groups excluding carboxylic acids is 1. The summed E-state index contributed by atoms with van der Waals surface area (Å²) in [6.07, 6.45) is 4.45. The summed E-state index contributed by atoms with van der Waals surface area (Å²) in [6, 6.07) is 14.7. The van der Waals surface area contributed by atoms with Crippen LogP contribution < -0.4 is 5.69 Å². The lowest BCUT2D eigenvalue weighted by Crippen LogP contribution is -2.27. The molecule has 0 aliphatic rings. The Bertz CT molecular complexity index is 1470. The van der Waals surface area contributed by atoms with Crippen LogP contribution >= 0.6 is 11.6 Å². The normalized spacial score (nSPS) is 12.0. The molecule has 0 saturated carbocycles. The molecular formula is C24H19ClN4O2. The number of benzene rings is 2. The number of hydrogen-bond acceptors (Lipinski definition) is 4. The van der Waals surface area contributed by atoms with E-state index in [0.29, 0.717) is 32.6 Å². The van der Waals surface area contributed by atoms with Gasteiger partial charge in [-0.2, -0.15) is 5.26 Å². The van der Waals surface area contributed by atoms with E-state index in [2.05, 4.69) is 11.1 Å². The molecule has 4 aromatic rings. The lowest BCUT2D eigenvalue weighted by Gasteiger charge is -2.16. The quantitative estimate of drug-likeness (QED) is 0.428. The van der Waals surface area contributed by atoms with Gasteiger partial charge < -0.3 is 0 Å². The molecule has 2 heterocycles. The van der Waals surface area contributed by atoms with Crippen molar-refractivity contribution in [2.24, 2.45) is 0 Å². The molecule has 4 rings (SSSR count). The largest absolute Gasteiger partial charge is 0.340 e. The zero-order chi connectivity index (χ0) is 22.3. The van der Waals surface area contributed by atoms with Crippen LogP contribution in [0.5, 0.6) is 0 Å². The Morgan fingerprint density at radius 2 is 1.90 bits per heavy atom. The minimum Gasteiger partial charge on any atom is -0.269 e. The minimum atomic E-state index is -0.663. The van der Waals surface area contributed by atoms with Crippen LogP contribution in [0.4, 0.5) is 0 Å². The highest BCUT2D eigenvalue weighted by molar-refractivity contribution is 6.31. The van der Waals surface area contributed by atoms with Crippen LogP contribution in [0.1, 0.15) is 31.1 Å². The third-order valence-electron chi connectivity index (χ3n) is 5.29. The Morgan fingerprint density at radius 3 is 2.55 bits per heavy atom. The zero-order valence-corrected chi connectivity index (χ0v) is 18.0. The first kappa shape index (κ1) is 20.6. The number of nitrogens with zero attached hydrogens (tertiary/aromatic N) is 4. The molecule has 6 nitrogen and oxygen atoms in total. The van der Waals surface area contributed by atoms with E-state index < -0.39 is 17.0 Å². The molecule has 0 fully saturated rings. The first-order valence-electron chi connectivity index (χ1n) is 9.69. The van der Waals surface area contributed by atoms with Crippen LogP contribution in [0.2, 0.25) is 5.02 Å². The van der Waals surface area contributed by atoms with Crippen molar-refractivity contribution in [1.82, 2.24) is 14.1 Å². The SMILES string of the molecule is C/C=C/C(=O)n1c(=O)n(-c2ccc(C(C)(C)C#N)cc2)c2c3cc(Cl)ccc3ncc21. The molecule has 0 amide bonds. The van der Waals surface area contributed by atoms with E-state index in [-0.39, 0.29) is 0 Å². The second kappa shape index (κ2) is 7.53. The van der Waals surface area contributed by atoms with Gasteiger partial charge in [-0.15, -0.1) is 0 Å². The van der Waals surface area contributed by atoms with E-state index in [1.807, 2.05) is 26.0 Å². The molecule has 0 spiro atoms. The number of nitriles is 1. The third-order valence-corrected chi connectivity index (χ3v) is 5.52. The first-order valence-corrected chi connectivity index (χ1v) is 10.1. The highest BCUT2D eigenvalue weighted by Gasteiger charge is 2.23. The second-order valence-electron chi connectivity index (χ2n) is 7.73. The van der Waals surface area contributed by atoms with Crippen molar-refractivity contribution in [3.05, 3.63) is 81.9 Å². The standard InChI is InChI=1S/C24H19ClN4O2/c1-4-5-21(30)29-20-13-27-19-11-8-16(25)12-18(19)22(20)28(23(29)31)17-9-6-15(7-10-17)24(2,3)14-26/h4-13H,1-3H3/b5-4+. The fraction of sp³-hybridized carbons (Fsp3) is 0.167. The van der Waals surface area contributed by atoms with Crippen molar-refractivity contribution in [2.75, 3.05) is 0 Å². The van der Waals surface area contributed by atoms with E-state index in [1.54, 1.807) is 43.3 Å². The molecule has 0 aliphatic carbocycles. The minimum absolute atomic E-state index is 0.393. The molecule has 0 radical (unpaired) electrons. The number of fused-ring (bicyclic) bond motifs is 3. The van der Waals surface area contributed by atoms with Gasteiger partial charge in [0, 0.05) is 10.4 Å².